The largest absolute Gasteiger partial charge is 0.488 e. The van der Waals surface area contributed by atoms with E-state index in [0.29, 0.717) is 65.0 Å². The van der Waals surface area contributed by atoms with Crippen LogP contribution in [0, 0.1) is 0 Å². The molecule has 5 rings (SSSR count). The third-order valence-electron chi connectivity index (χ3n) is 5.53. The molecule has 0 unspecified atom stereocenters. The first kappa shape index (κ1) is 20.5. The maximum absolute atomic E-state index is 13.3. The maximum atomic E-state index is 13.3. The van der Waals surface area contributed by atoms with E-state index >= 15 is 0 Å². The highest BCUT2D eigenvalue weighted by atomic mass is 35.5. The third kappa shape index (κ3) is 3.80. The molecule has 0 bridgehead atoms. The molecule has 162 valence electrons. The van der Waals surface area contributed by atoms with Crippen LogP contribution < -0.4 is 19.6 Å². The summed E-state index contributed by atoms with van der Waals surface area (Å²) in [6.45, 7) is 3.36. The Morgan fingerprint density at radius 3 is 2.59 bits per heavy atom. The summed E-state index contributed by atoms with van der Waals surface area (Å²) >= 11 is 6.24. The van der Waals surface area contributed by atoms with Crippen LogP contribution in [0.2, 0.25) is 5.02 Å². The van der Waals surface area contributed by atoms with Gasteiger partial charge in [-0.15, -0.1) is 0 Å². The van der Waals surface area contributed by atoms with Crippen molar-refractivity contribution in [2.75, 3.05) is 13.2 Å². The predicted octanol–water partition coefficient (Wildman–Crippen LogP) is 6.03. The van der Waals surface area contributed by atoms with Gasteiger partial charge < -0.3 is 18.6 Å². The molecule has 0 radical (unpaired) electrons. The second-order valence-electron chi connectivity index (χ2n) is 7.53. The number of benzene rings is 3. The summed E-state index contributed by atoms with van der Waals surface area (Å²) in [5, 5.41) is 1.17. The van der Waals surface area contributed by atoms with Crippen LogP contribution in [0.1, 0.15) is 18.1 Å². The molecule has 0 spiro atoms. The van der Waals surface area contributed by atoms with E-state index in [9.17, 15) is 4.79 Å². The summed E-state index contributed by atoms with van der Waals surface area (Å²) in [5.41, 5.74) is 3.39. The normalized spacial score (nSPS) is 12.7. The molecule has 0 fully saturated rings. The Kier molecular flexibility index (Phi) is 5.50. The van der Waals surface area contributed by atoms with E-state index in [2.05, 4.69) is 0 Å². The Hall–Kier alpha value is -3.44. The summed E-state index contributed by atoms with van der Waals surface area (Å²) in [6, 6.07) is 16.7. The van der Waals surface area contributed by atoms with Crippen LogP contribution in [0.5, 0.6) is 17.2 Å². The first-order chi connectivity index (χ1) is 15.6. The Labute approximate surface area is 190 Å². The highest BCUT2D eigenvalue weighted by Crippen LogP contribution is 2.35. The Bertz CT molecular complexity index is 1360. The fourth-order valence-corrected chi connectivity index (χ4v) is 3.98. The molecule has 0 saturated carbocycles. The van der Waals surface area contributed by atoms with Gasteiger partial charge in [-0.1, -0.05) is 42.8 Å². The van der Waals surface area contributed by atoms with Gasteiger partial charge in [0, 0.05) is 16.7 Å². The summed E-state index contributed by atoms with van der Waals surface area (Å²) < 4.78 is 23.1. The summed E-state index contributed by atoms with van der Waals surface area (Å²) in [7, 11) is 0. The third-order valence-corrected chi connectivity index (χ3v) is 5.90. The zero-order chi connectivity index (χ0) is 22.1. The molecule has 3 aromatic carbocycles. The molecule has 32 heavy (non-hydrogen) atoms. The molecule has 0 N–H and O–H groups in total. The number of halogens is 1. The van der Waals surface area contributed by atoms with Crippen molar-refractivity contribution in [1.29, 1.82) is 0 Å². The minimum Gasteiger partial charge on any atom is -0.488 e. The first-order valence-corrected chi connectivity index (χ1v) is 10.9. The summed E-state index contributed by atoms with van der Waals surface area (Å²) in [5.74, 6) is 1.99. The van der Waals surface area contributed by atoms with Crippen LogP contribution >= 0.6 is 11.6 Å². The van der Waals surface area contributed by atoms with Gasteiger partial charge >= 0.3 is 0 Å². The van der Waals surface area contributed by atoms with Gasteiger partial charge in [0.05, 0.1) is 10.9 Å². The minimum atomic E-state index is -0.102. The van der Waals surface area contributed by atoms with E-state index in [-0.39, 0.29) is 5.43 Å². The number of fused-ring (bicyclic) bond motifs is 2. The van der Waals surface area contributed by atoms with Crippen molar-refractivity contribution in [2.45, 2.75) is 20.0 Å². The topological polar surface area (TPSA) is 57.9 Å². The molecule has 5 nitrogen and oxygen atoms in total. The van der Waals surface area contributed by atoms with Gasteiger partial charge in [0.25, 0.3) is 0 Å². The van der Waals surface area contributed by atoms with E-state index < -0.39 is 0 Å². The average molecular weight is 449 g/mol. The molecule has 1 aliphatic rings. The molecule has 2 heterocycles. The molecule has 0 aliphatic carbocycles. The molecule has 0 saturated heterocycles. The highest BCUT2D eigenvalue weighted by molar-refractivity contribution is 6.31. The van der Waals surface area contributed by atoms with E-state index in [1.807, 2.05) is 55.5 Å². The Morgan fingerprint density at radius 2 is 1.78 bits per heavy atom. The minimum absolute atomic E-state index is 0.102. The van der Waals surface area contributed by atoms with Crippen molar-refractivity contribution in [3.05, 3.63) is 87.2 Å². The molecular weight excluding hydrogens is 428 g/mol. The van der Waals surface area contributed by atoms with Gasteiger partial charge in [-0.05, 0) is 41.8 Å². The van der Waals surface area contributed by atoms with Crippen molar-refractivity contribution >= 4 is 22.6 Å². The van der Waals surface area contributed by atoms with Crippen LogP contribution in [0.4, 0.5) is 0 Å². The molecule has 1 aliphatic heterocycles. The Morgan fingerprint density at radius 1 is 0.969 bits per heavy atom. The number of hydrogen-bond acceptors (Lipinski definition) is 5. The molecule has 6 heteroatoms. The van der Waals surface area contributed by atoms with Crippen LogP contribution in [-0.2, 0) is 13.0 Å². The zero-order valence-corrected chi connectivity index (χ0v) is 18.3. The van der Waals surface area contributed by atoms with Crippen LogP contribution in [0.3, 0.4) is 0 Å². The van der Waals surface area contributed by atoms with Gasteiger partial charge in [0.15, 0.2) is 11.5 Å². The summed E-state index contributed by atoms with van der Waals surface area (Å²) in [6.07, 6.45) is 2.20. The number of hydrogen-bond donors (Lipinski definition) is 0. The summed E-state index contributed by atoms with van der Waals surface area (Å²) in [4.78, 5) is 13.3. The lowest BCUT2D eigenvalue weighted by molar-refractivity contribution is 0.171. The first-order valence-electron chi connectivity index (χ1n) is 10.5. The van der Waals surface area contributed by atoms with Gasteiger partial charge in [0.1, 0.15) is 37.4 Å². The van der Waals surface area contributed by atoms with Gasteiger partial charge in [0.2, 0.25) is 5.43 Å². The monoisotopic (exact) mass is 448 g/mol. The van der Waals surface area contributed by atoms with Crippen LogP contribution in [0.25, 0.3) is 22.1 Å². The lowest BCUT2D eigenvalue weighted by atomic mass is 10.0. The smallest absolute Gasteiger partial charge is 0.200 e. The standard InChI is InChI=1S/C26H21ClO5/c1-2-16-11-19-24(13-23(16)31-14-18-5-3-4-6-21(18)27)32-15-20(26(19)28)17-7-8-22-25(12-17)30-10-9-29-22/h3-8,11-13,15H,2,9-10,14H2,1H3. The molecular formula is C26H21ClO5. The van der Waals surface area contributed by atoms with E-state index in [1.54, 1.807) is 6.07 Å². The number of rotatable bonds is 5. The van der Waals surface area contributed by atoms with E-state index in [4.69, 9.17) is 30.2 Å². The van der Waals surface area contributed by atoms with Gasteiger partial charge in [-0.3, -0.25) is 4.79 Å². The lowest BCUT2D eigenvalue weighted by Gasteiger charge is -2.18. The maximum Gasteiger partial charge on any atom is 0.200 e. The second kappa shape index (κ2) is 8.60. The van der Waals surface area contributed by atoms with Crippen molar-refractivity contribution in [2.24, 2.45) is 0 Å². The SMILES string of the molecule is CCc1cc2c(=O)c(-c3ccc4c(c3)OCCO4)coc2cc1OCc1ccccc1Cl. The van der Waals surface area contributed by atoms with Gasteiger partial charge in [-0.2, -0.15) is 0 Å². The van der Waals surface area contributed by atoms with Crippen molar-refractivity contribution in [3.63, 3.8) is 0 Å². The van der Waals surface area contributed by atoms with E-state index in [0.717, 1.165) is 16.7 Å². The number of ether oxygens (including phenoxy) is 3. The van der Waals surface area contributed by atoms with Gasteiger partial charge in [-0.25, -0.2) is 0 Å². The number of aryl methyl sites for hydroxylation is 1. The van der Waals surface area contributed by atoms with Crippen molar-refractivity contribution < 1.29 is 18.6 Å². The van der Waals surface area contributed by atoms with Crippen LogP contribution in [0.15, 0.2) is 70.1 Å². The second-order valence-corrected chi connectivity index (χ2v) is 7.93. The van der Waals surface area contributed by atoms with Crippen molar-refractivity contribution in [1.82, 2.24) is 0 Å². The van der Waals surface area contributed by atoms with Crippen molar-refractivity contribution in [3.8, 4) is 28.4 Å². The quantitative estimate of drug-likeness (QED) is 0.373. The highest BCUT2D eigenvalue weighted by Gasteiger charge is 2.17. The Balaban J connectivity index is 1.51. The van der Waals surface area contributed by atoms with Crippen LogP contribution in [-0.4, -0.2) is 13.2 Å². The molecule has 4 aromatic rings. The molecule has 1 aromatic heterocycles. The zero-order valence-electron chi connectivity index (χ0n) is 17.5. The molecule has 0 amide bonds. The van der Waals surface area contributed by atoms with E-state index in [1.165, 1.54) is 6.26 Å². The fourth-order valence-electron chi connectivity index (χ4n) is 3.79. The average Bonchev–Trinajstić information content (AvgIpc) is 2.83. The lowest BCUT2D eigenvalue weighted by Crippen LogP contribution is -2.15. The molecule has 0 atom stereocenters. The fraction of sp³-hybridized carbons (Fsp3) is 0.192. The predicted molar refractivity (Wildman–Crippen MR) is 124 cm³/mol.